The van der Waals surface area contributed by atoms with Gasteiger partial charge in [0.2, 0.25) is 7.42 Å². The van der Waals surface area contributed by atoms with E-state index in [9.17, 15) is 0 Å². The van der Waals surface area contributed by atoms with Gasteiger partial charge in [-0.2, -0.15) is 22.2 Å². The first-order chi connectivity index (χ1) is 6.74. The number of hydrogen-bond donors (Lipinski definition) is 0. The highest BCUT2D eigenvalue weighted by atomic mass is 35.7. The van der Waals surface area contributed by atoms with E-state index in [0.29, 0.717) is 5.92 Å². The Bertz CT molecular complexity index is 249. The molecule has 3 heteroatoms. The van der Waals surface area contributed by atoms with Crippen LogP contribution in [0.25, 0.3) is 0 Å². The van der Waals surface area contributed by atoms with Gasteiger partial charge in [0.05, 0.1) is 0 Å². The van der Waals surface area contributed by atoms with Crippen LogP contribution in [0, 0.1) is 0 Å². The van der Waals surface area contributed by atoms with Crippen molar-refractivity contribution in [3.8, 4) is 0 Å². The zero-order valence-corrected chi connectivity index (χ0v) is 11.1. The summed E-state index contributed by atoms with van der Waals surface area (Å²) in [6.45, 7) is 2.20. The summed E-state index contributed by atoms with van der Waals surface area (Å²) < 4.78 is 0. The van der Waals surface area contributed by atoms with E-state index in [2.05, 4.69) is 31.2 Å². The molecular weight excluding hydrogens is 231 g/mol. The molecule has 0 spiro atoms. The quantitative estimate of drug-likeness (QED) is 0.538. The van der Waals surface area contributed by atoms with E-state index >= 15 is 0 Å². The van der Waals surface area contributed by atoms with Crippen molar-refractivity contribution >= 4 is 29.6 Å². The van der Waals surface area contributed by atoms with Crippen molar-refractivity contribution < 1.29 is 0 Å². The summed E-state index contributed by atoms with van der Waals surface area (Å²) in [5, 5.41) is 0. The van der Waals surface area contributed by atoms with Crippen LogP contribution >= 0.6 is 22.2 Å². The van der Waals surface area contributed by atoms with Gasteiger partial charge in [-0.25, -0.2) is 0 Å². The van der Waals surface area contributed by atoms with Crippen LogP contribution in [0.15, 0.2) is 30.3 Å². The minimum absolute atomic E-state index is 0.563. The molecule has 0 aliphatic rings. The summed E-state index contributed by atoms with van der Waals surface area (Å²) in [6.07, 6.45) is 2.38. The van der Waals surface area contributed by atoms with E-state index in [1.165, 1.54) is 18.4 Å². The first kappa shape index (κ1) is 12.1. The third-order valence-electron chi connectivity index (χ3n) is 2.37. The van der Waals surface area contributed by atoms with Gasteiger partial charge in [-0.15, -0.1) is 0 Å². The maximum Gasteiger partial charge on any atom is 0.237 e. The molecule has 0 saturated heterocycles. The van der Waals surface area contributed by atoms with Gasteiger partial charge >= 0.3 is 0 Å². The van der Waals surface area contributed by atoms with E-state index in [-0.39, 0.29) is 0 Å². The highest BCUT2D eigenvalue weighted by Gasteiger charge is 2.15. The summed E-state index contributed by atoms with van der Waals surface area (Å²) in [5.41, 5.74) is 1.38. The fourth-order valence-corrected chi connectivity index (χ4v) is 3.94. The average Bonchev–Trinajstić information content (AvgIpc) is 2.18. The fourth-order valence-electron chi connectivity index (χ4n) is 1.71. The second-order valence-corrected chi connectivity index (χ2v) is 8.61. The highest BCUT2D eigenvalue weighted by Crippen LogP contribution is 2.28. The summed E-state index contributed by atoms with van der Waals surface area (Å²) >= 11 is 11.9. The second-order valence-electron chi connectivity index (χ2n) is 3.52. The van der Waals surface area contributed by atoms with Crippen LogP contribution in [-0.2, 0) is 0 Å². The molecule has 0 aliphatic carbocycles. The van der Waals surface area contributed by atoms with Crippen LogP contribution < -0.4 is 0 Å². The first-order valence-electron chi connectivity index (χ1n) is 5.07. The Hall–Kier alpha value is 0.0169. The topological polar surface area (TPSA) is 0 Å². The Morgan fingerprint density at radius 3 is 2.36 bits per heavy atom. The number of halogens is 2. The highest BCUT2D eigenvalue weighted by molar-refractivity contribution is 7.33. The largest absolute Gasteiger partial charge is 0.237 e. The Morgan fingerprint density at radius 2 is 1.86 bits per heavy atom. The molecule has 1 aromatic carbocycles. The Kier molecular flexibility index (Phi) is 5.60. The van der Waals surface area contributed by atoms with Crippen LogP contribution in [0.3, 0.4) is 0 Å². The lowest BCUT2D eigenvalue weighted by Gasteiger charge is -2.16. The molecule has 0 heterocycles. The normalized spacial score (nSPS) is 13.1. The summed E-state index contributed by atoms with van der Waals surface area (Å²) in [7, 11) is -1.49. The van der Waals surface area contributed by atoms with E-state index in [0.717, 1.165) is 6.04 Å². The number of benzene rings is 1. The lowest BCUT2D eigenvalue weighted by atomic mass is 9.96. The maximum atomic E-state index is 5.96. The van der Waals surface area contributed by atoms with Crippen molar-refractivity contribution in [2.45, 2.75) is 31.7 Å². The monoisotopic (exact) mass is 246 g/mol. The predicted molar refractivity (Wildman–Crippen MR) is 67.8 cm³/mol. The molecule has 1 atom stereocenters. The van der Waals surface area contributed by atoms with Crippen molar-refractivity contribution in [1.82, 2.24) is 0 Å². The zero-order valence-electron chi connectivity index (χ0n) is 8.42. The average molecular weight is 247 g/mol. The molecule has 78 valence electrons. The molecule has 1 rings (SSSR count). The molecule has 0 aromatic heterocycles. The Balaban J connectivity index is 2.67. The lowest BCUT2D eigenvalue weighted by molar-refractivity contribution is 0.663. The minimum Gasteiger partial charge on any atom is -0.150 e. The summed E-state index contributed by atoms with van der Waals surface area (Å²) in [5.74, 6) is 0.563. The first-order valence-corrected chi connectivity index (χ1v) is 9.38. The summed E-state index contributed by atoms with van der Waals surface area (Å²) in [6, 6.07) is 11.5. The lowest BCUT2D eigenvalue weighted by Crippen LogP contribution is -2.04. The summed E-state index contributed by atoms with van der Waals surface area (Å²) in [4.78, 5) is 0. The van der Waals surface area contributed by atoms with Crippen LogP contribution in [0.2, 0.25) is 6.04 Å². The van der Waals surface area contributed by atoms with Gasteiger partial charge in [0.25, 0.3) is 0 Å². The van der Waals surface area contributed by atoms with Gasteiger partial charge in [-0.3, -0.25) is 0 Å². The van der Waals surface area contributed by atoms with Crippen molar-refractivity contribution in [3.05, 3.63) is 35.9 Å². The van der Waals surface area contributed by atoms with E-state index in [1.807, 2.05) is 6.07 Å². The van der Waals surface area contributed by atoms with Crippen LogP contribution in [0.1, 0.15) is 31.2 Å². The van der Waals surface area contributed by atoms with Crippen LogP contribution in [0.5, 0.6) is 0 Å². The molecule has 1 unspecified atom stereocenters. The van der Waals surface area contributed by atoms with Crippen LogP contribution in [0.4, 0.5) is 0 Å². The van der Waals surface area contributed by atoms with Gasteiger partial charge in [0, 0.05) is 0 Å². The molecule has 0 fully saturated rings. The molecule has 0 aliphatic heterocycles. The molecule has 0 N–H and O–H groups in total. The van der Waals surface area contributed by atoms with Crippen LogP contribution in [-0.4, -0.2) is 7.42 Å². The van der Waals surface area contributed by atoms with E-state index in [1.54, 1.807) is 0 Å². The van der Waals surface area contributed by atoms with E-state index in [4.69, 9.17) is 22.2 Å². The van der Waals surface area contributed by atoms with E-state index < -0.39 is 7.42 Å². The minimum atomic E-state index is -1.49. The molecule has 0 saturated carbocycles. The zero-order chi connectivity index (χ0) is 10.4. The Labute approximate surface area is 97.3 Å². The Morgan fingerprint density at radius 1 is 1.21 bits per heavy atom. The molecule has 0 nitrogen and oxygen atoms in total. The molecule has 1 aromatic rings. The van der Waals surface area contributed by atoms with Crippen molar-refractivity contribution in [2.75, 3.05) is 0 Å². The van der Waals surface area contributed by atoms with Gasteiger partial charge in [-0.1, -0.05) is 43.7 Å². The third kappa shape index (κ3) is 4.03. The number of hydrogen-bond acceptors (Lipinski definition) is 0. The predicted octanol–water partition coefficient (Wildman–Crippen LogP) is 4.27. The molecule has 0 bridgehead atoms. The molecule has 14 heavy (non-hydrogen) atoms. The standard InChI is InChI=1S/C11H16Cl2Si/c1-2-6-11(9-14(12)13)10-7-4-3-5-8-10/h3-5,7-8,11,14H,2,6,9H2,1H3. The van der Waals surface area contributed by atoms with Gasteiger partial charge in [-0.05, 0) is 23.9 Å². The molecule has 0 amide bonds. The molecular formula is C11H16Cl2Si. The second kappa shape index (κ2) is 6.49. The third-order valence-corrected chi connectivity index (χ3v) is 4.37. The molecule has 0 radical (unpaired) electrons. The van der Waals surface area contributed by atoms with Gasteiger partial charge in [0.1, 0.15) is 0 Å². The van der Waals surface area contributed by atoms with Gasteiger partial charge < -0.3 is 0 Å². The maximum absolute atomic E-state index is 5.96. The van der Waals surface area contributed by atoms with Crippen molar-refractivity contribution in [2.24, 2.45) is 0 Å². The fraction of sp³-hybridized carbons (Fsp3) is 0.455. The number of rotatable bonds is 5. The SMILES string of the molecule is CCCC(C[SiH](Cl)Cl)c1ccccc1. The van der Waals surface area contributed by atoms with Crippen molar-refractivity contribution in [3.63, 3.8) is 0 Å². The van der Waals surface area contributed by atoms with Gasteiger partial charge in [0.15, 0.2) is 0 Å². The van der Waals surface area contributed by atoms with Crippen molar-refractivity contribution in [1.29, 1.82) is 0 Å². The smallest absolute Gasteiger partial charge is 0.150 e.